The molecule has 0 aliphatic rings. The van der Waals surface area contributed by atoms with E-state index in [2.05, 4.69) is 53.6 Å². The average molecular weight is 244 g/mol. The number of nitrogens with one attached hydrogen (secondary N) is 1. The Morgan fingerprint density at radius 3 is 2.67 bits per heavy atom. The Hall–Kier alpha value is -1.68. The first kappa shape index (κ1) is 12.8. The lowest BCUT2D eigenvalue weighted by Gasteiger charge is -2.14. The fraction of sp³-hybridized carbons (Fsp3) is 0.429. The number of nitrogens with zero attached hydrogens (tertiary/aromatic N) is 3. The van der Waals surface area contributed by atoms with E-state index in [1.165, 1.54) is 11.1 Å². The molecule has 0 spiro atoms. The van der Waals surface area contributed by atoms with Crippen molar-refractivity contribution in [1.29, 1.82) is 0 Å². The normalized spacial score (nSPS) is 12.7. The van der Waals surface area contributed by atoms with Crippen molar-refractivity contribution in [3.8, 4) is 0 Å². The highest BCUT2D eigenvalue weighted by atomic mass is 15.3. The van der Waals surface area contributed by atoms with E-state index in [-0.39, 0.29) is 0 Å². The first-order chi connectivity index (χ1) is 8.58. The smallest absolute Gasteiger partial charge is 0.146 e. The summed E-state index contributed by atoms with van der Waals surface area (Å²) in [6, 6.07) is 8.87. The van der Waals surface area contributed by atoms with Gasteiger partial charge in [0.1, 0.15) is 11.6 Å². The number of aryl methyl sites for hydroxylation is 2. The number of hydrogen-bond donors (Lipinski definition) is 1. The van der Waals surface area contributed by atoms with Crippen LogP contribution in [0.25, 0.3) is 0 Å². The van der Waals surface area contributed by atoms with E-state index in [4.69, 9.17) is 0 Å². The summed E-state index contributed by atoms with van der Waals surface area (Å²) < 4.78 is 2.01. The Kier molecular flexibility index (Phi) is 3.77. The highest BCUT2D eigenvalue weighted by Crippen LogP contribution is 2.14. The van der Waals surface area contributed by atoms with Crippen LogP contribution in [0.4, 0.5) is 0 Å². The Labute approximate surface area is 108 Å². The van der Waals surface area contributed by atoms with Crippen molar-refractivity contribution >= 4 is 0 Å². The zero-order chi connectivity index (χ0) is 13.1. The molecule has 4 heteroatoms. The first-order valence-corrected chi connectivity index (χ1v) is 6.22. The van der Waals surface area contributed by atoms with Crippen LogP contribution >= 0.6 is 0 Å². The summed E-state index contributed by atoms with van der Waals surface area (Å²) in [6.45, 7) is 6.97. The molecule has 18 heavy (non-hydrogen) atoms. The summed E-state index contributed by atoms with van der Waals surface area (Å²) in [5.74, 6) is 1.90. The molecule has 0 amide bonds. The molecule has 0 radical (unpaired) electrons. The second-order valence-corrected chi connectivity index (χ2v) is 4.74. The van der Waals surface area contributed by atoms with E-state index in [0.29, 0.717) is 6.04 Å². The fourth-order valence-corrected chi connectivity index (χ4v) is 1.91. The van der Waals surface area contributed by atoms with Crippen LogP contribution in [-0.4, -0.2) is 14.8 Å². The molecular formula is C14H20N4. The molecule has 96 valence electrons. The van der Waals surface area contributed by atoms with E-state index >= 15 is 0 Å². The van der Waals surface area contributed by atoms with Gasteiger partial charge in [0.15, 0.2) is 0 Å². The van der Waals surface area contributed by atoms with E-state index in [1.807, 2.05) is 18.5 Å². The van der Waals surface area contributed by atoms with Gasteiger partial charge in [-0.25, -0.2) is 0 Å². The molecule has 1 aromatic heterocycles. The van der Waals surface area contributed by atoms with Crippen molar-refractivity contribution in [1.82, 2.24) is 20.1 Å². The van der Waals surface area contributed by atoms with Crippen LogP contribution in [0.2, 0.25) is 0 Å². The van der Waals surface area contributed by atoms with Gasteiger partial charge in [0.05, 0.1) is 6.54 Å². The van der Waals surface area contributed by atoms with Crippen molar-refractivity contribution in [2.75, 3.05) is 0 Å². The largest absolute Gasteiger partial charge is 0.317 e. The maximum atomic E-state index is 4.15. The molecule has 0 fully saturated rings. The minimum Gasteiger partial charge on any atom is -0.317 e. The zero-order valence-electron chi connectivity index (χ0n) is 11.4. The van der Waals surface area contributed by atoms with Crippen LogP contribution in [-0.2, 0) is 13.6 Å². The van der Waals surface area contributed by atoms with Gasteiger partial charge < -0.3 is 9.88 Å². The predicted molar refractivity (Wildman–Crippen MR) is 72.2 cm³/mol. The molecule has 4 nitrogen and oxygen atoms in total. The molecule has 0 bridgehead atoms. The molecule has 1 aromatic carbocycles. The minimum atomic E-state index is 0.307. The molecule has 0 unspecified atom stereocenters. The summed E-state index contributed by atoms with van der Waals surface area (Å²) in [7, 11) is 1.99. The van der Waals surface area contributed by atoms with Crippen LogP contribution in [0.5, 0.6) is 0 Å². The monoisotopic (exact) mass is 244 g/mol. The van der Waals surface area contributed by atoms with Gasteiger partial charge in [-0.15, -0.1) is 10.2 Å². The van der Waals surface area contributed by atoms with Crippen molar-refractivity contribution < 1.29 is 0 Å². The number of benzene rings is 1. The molecule has 1 N–H and O–H groups in total. The summed E-state index contributed by atoms with van der Waals surface area (Å²) in [6.07, 6.45) is 0. The quantitative estimate of drug-likeness (QED) is 0.897. The number of aromatic nitrogens is 3. The van der Waals surface area contributed by atoms with Crippen molar-refractivity contribution in [2.45, 2.75) is 33.4 Å². The molecule has 0 aliphatic heterocycles. The lowest BCUT2D eigenvalue weighted by Crippen LogP contribution is -2.20. The van der Waals surface area contributed by atoms with Gasteiger partial charge >= 0.3 is 0 Å². The highest BCUT2D eigenvalue weighted by molar-refractivity contribution is 5.24. The van der Waals surface area contributed by atoms with E-state index in [9.17, 15) is 0 Å². The Balaban J connectivity index is 2.00. The van der Waals surface area contributed by atoms with Crippen LogP contribution < -0.4 is 5.32 Å². The Morgan fingerprint density at radius 2 is 2.06 bits per heavy atom. The van der Waals surface area contributed by atoms with Gasteiger partial charge in [-0.1, -0.05) is 29.8 Å². The maximum absolute atomic E-state index is 4.15. The highest BCUT2D eigenvalue weighted by Gasteiger charge is 2.08. The van der Waals surface area contributed by atoms with Crippen molar-refractivity contribution in [3.05, 3.63) is 47.0 Å². The Morgan fingerprint density at radius 1 is 1.28 bits per heavy atom. The van der Waals surface area contributed by atoms with Crippen molar-refractivity contribution in [3.63, 3.8) is 0 Å². The van der Waals surface area contributed by atoms with Gasteiger partial charge in [0.25, 0.3) is 0 Å². The van der Waals surface area contributed by atoms with Gasteiger partial charge in [0, 0.05) is 13.1 Å². The zero-order valence-corrected chi connectivity index (χ0v) is 11.4. The molecule has 2 aromatic rings. The lowest BCUT2D eigenvalue weighted by molar-refractivity contribution is 0.547. The topological polar surface area (TPSA) is 42.7 Å². The third kappa shape index (κ3) is 2.76. The second-order valence-electron chi connectivity index (χ2n) is 4.74. The minimum absolute atomic E-state index is 0.307. The van der Waals surface area contributed by atoms with Gasteiger partial charge in [-0.05, 0) is 26.3 Å². The van der Waals surface area contributed by atoms with Gasteiger partial charge in [0.2, 0.25) is 0 Å². The number of rotatable bonds is 4. The molecule has 1 heterocycles. The molecule has 1 atom stereocenters. The molecule has 2 rings (SSSR count). The summed E-state index contributed by atoms with van der Waals surface area (Å²) in [4.78, 5) is 0. The van der Waals surface area contributed by atoms with E-state index in [0.717, 1.165) is 18.2 Å². The molecule has 0 saturated heterocycles. The maximum Gasteiger partial charge on any atom is 0.146 e. The van der Waals surface area contributed by atoms with E-state index < -0.39 is 0 Å². The predicted octanol–water partition coefficient (Wildman–Crippen LogP) is 2.28. The number of hydrogen-bond acceptors (Lipinski definition) is 3. The van der Waals surface area contributed by atoms with Crippen LogP contribution in [0.3, 0.4) is 0 Å². The molecular weight excluding hydrogens is 224 g/mol. The van der Waals surface area contributed by atoms with Crippen LogP contribution in [0.15, 0.2) is 24.3 Å². The van der Waals surface area contributed by atoms with Gasteiger partial charge in [-0.3, -0.25) is 0 Å². The molecule has 0 aliphatic carbocycles. The van der Waals surface area contributed by atoms with Crippen LogP contribution in [0.1, 0.15) is 35.7 Å². The fourth-order valence-electron chi connectivity index (χ4n) is 1.91. The standard InChI is InChI=1S/C14H20N4/c1-10-6-5-7-13(8-10)11(2)15-9-14-17-16-12(3)18(14)4/h5-8,11,15H,9H2,1-4H3/t11-/m0/s1. The van der Waals surface area contributed by atoms with Gasteiger partial charge in [-0.2, -0.15) is 0 Å². The Bertz CT molecular complexity index is 530. The third-order valence-electron chi connectivity index (χ3n) is 3.29. The molecule has 0 saturated carbocycles. The lowest BCUT2D eigenvalue weighted by atomic mass is 10.1. The first-order valence-electron chi connectivity index (χ1n) is 6.22. The second kappa shape index (κ2) is 5.31. The van der Waals surface area contributed by atoms with Crippen LogP contribution in [0, 0.1) is 13.8 Å². The average Bonchev–Trinajstić information content (AvgIpc) is 2.67. The summed E-state index contributed by atoms with van der Waals surface area (Å²) in [5.41, 5.74) is 2.59. The summed E-state index contributed by atoms with van der Waals surface area (Å²) >= 11 is 0. The summed E-state index contributed by atoms with van der Waals surface area (Å²) in [5, 5.41) is 11.7. The van der Waals surface area contributed by atoms with Crippen molar-refractivity contribution in [2.24, 2.45) is 7.05 Å². The SMILES string of the molecule is Cc1cccc([C@H](C)NCc2nnc(C)n2C)c1. The van der Waals surface area contributed by atoms with E-state index in [1.54, 1.807) is 0 Å². The third-order valence-corrected chi connectivity index (χ3v) is 3.29.